The van der Waals surface area contributed by atoms with Crippen molar-refractivity contribution in [1.29, 1.82) is 5.26 Å². The molecule has 2 saturated heterocycles. The highest BCUT2D eigenvalue weighted by molar-refractivity contribution is 5.83. The van der Waals surface area contributed by atoms with Crippen molar-refractivity contribution in [2.45, 2.75) is 57.0 Å². The first kappa shape index (κ1) is 13.6. The Kier molecular flexibility index (Phi) is 4.07. The van der Waals surface area contributed by atoms with Crippen LogP contribution in [0.1, 0.15) is 44.9 Å². The molecular weight excluding hydrogens is 250 g/mol. The van der Waals surface area contributed by atoms with E-state index < -0.39 is 0 Å². The van der Waals surface area contributed by atoms with Gasteiger partial charge in [0.2, 0.25) is 5.91 Å². The SMILES string of the molecule is N#C[C@@H]1CCCN1C(=O)[C@@H]1C[C@H](CC2=CCCC2)CN1. The molecule has 2 heterocycles. The summed E-state index contributed by atoms with van der Waals surface area (Å²) in [7, 11) is 0. The summed E-state index contributed by atoms with van der Waals surface area (Å²) < 4.78 is 0. The summed E-state index contributed by atoms with van der Waals surface area (Å²) in [5.74, 6) is 0.744. The monoisotopic (exact) mass is 273 g/mol. The first-order chi connectivity index (χ1) is 9.78. The Balaban J connectivity index is 1.54. The molecule has 0 bridgehead atoms. The van der Waals surface area contributed by atoms with E-state index in [-0.39, 0.29) is 18.0 Å². The third kappa shape index (κ3) is 2.73. The van der Waals surface area contributed by atoms with E-state index in [1.54, 1.807) is 10.5 Å². The van der Waals surface area contributed by atoms with Crippen molar-refractivity contribution >= 4 is 5.91 Å². The molecule has 0 unspecified atom stereocenters. The van der Waals surface area contributed by atoms with Gasteiger partial charge in [0, 0.05) is 6.54 Å². The molecule has 0 aromatic heterocycles. The van der Waals surface area contributed by atoms with Gasteiger partial charge in [-0.1, -0.05) is 11.6 Å². The molecule has 0 aromatic carbocycles. The van der Waals surface area contributed by atoms with Crippen molar-refractivity contribution in [2.75, 3.05) is 13.1 Å². The van der Waals surface area contributed by atoms with Gasteiger partial charge < -0.3 is 10.2 Å². The van der Waals surface area contributed by atoms with Crippen LogP contribution < -0.4 is 5.32 Å². The number of nitrogens with zero attached hydrogens (tertiary/aromatic N) is 2. The van der Waals surface area contributed by atoms with Crippen LogP contribution in [0.3, 0.4) is 0 Å². The van der Waals surface area contributed by atoms with E-state index in [0.29, 0.717) is 5.92 Å². The van der Waals surface area contributed by atoms with E-state index in [1.807, 2.05) is 0 Å². The summed E-state index contributed by atoms with van der Waals surface area (Å²) in [6.45, 7) is 1.70. The second-order valence-corrected chi connectivity index (χ2v) is 6.34. The van der Waals surface area contributed by atoms with Gasteiger partial charge in [-0.3, -0.25) is 4.79 Å². The molecule has 4 heteroatoms. The minimum absolute atomic E-state index is 0.0593. The van der Waals surface area contributed by atoms with Crippen molar-refractivity contribution in [3.8, 4) is 6.07 Å². The van der Waals surface area contributed by atoms with E-state index in [2.05, 4.69) is 17.5 Å². The standard InChI is InChI=1S/C16H23N3O/c17-10-14-6-3-7-19(14)16(20)15-9-13(11-18-15)8-12-4-1-2-5-12/h4,13-15,18H,1-3,5-9,11H2/t13-,14-,15-/m0/s1. The van der Waals surface area contributed by atoms with E-state index in [4.69, 9.17) is 5.26 Å². The van der Waals surface area contributed by atoms with Crippen LogP contribution in [-0.4, -0.2) is 36.0 Å². The van der Waals surface area contributed by atoms with Gasteiger partial charge in [-0.2, -0.15) is 5.26 Å². The van der Waals surface area contributed by atoms with Crippen LogP contribution in [0.4, 0.5) is 0 Å². The molecule has 2 fully saturated rings. The predicted octanol–water partition coefficient (Wildman–Crippen LogP) is 1.98. The lowest BCUT2D eigenvalue weighted by Crippen LogP contribution is -2.45. The summed E-state index contributed by atoms with van der Waals surface area (Å²) in [6.07, 6.45) is 10.0. The molecule has 1 amide bonds. The molecule has 108 valence electrons. The number of likely N-dealkylation sites (tertiary alicyclic amines) is 1. The fraction of sp³-hybridized carbons (Fsp3) is 0.750. The van der Waals surface area contributed by atoms with Crippen molar-refractivity contribution in [3.05, 3.63) is 11.6 Å². The summed E-state index contributed by atoms with van der Waals surface area (Å²) >= 11 is 0. The number of hydrogen-bond donors (Lipinski definition) is 1. The zero-order valence-corrected chi connectivity index (χ0v) is 12.0. The zero-order valence-electron chi connectivity index (χ0n) is 12.0. The van der Waals surface area contributed by atoms with Gasteiger partial charge in [-0.05, 0) is 57.4 Å². The van der Waals surface area contributed by atoms with Crippen LogP contribution in [0.25, 0.3) is 0 Å². The first-order valence-corrected chi connectivity index (χ1v) is 7.89. The van der Waals surface area contributed by atoms with Gasteiger partial charge in [0.1, 0.15) is 6.04 Å². The Morgan fingerprint density at radius 3 is 3.15 bits per heavy atom. The van der Waals surface area contributed by atoms with E-state index in [0.717, 1.165) is 38.8 Å². The maximum atomic E-state index is 12.5. The highest BCUT2D eigenvalue weighted by Crippen LogP contribution is 2.29. The number of allylic oxidation sites excluding steroid dienone is 2. The maximum Gasteiger partial charge on any atom is 0.240 e. The van der Waals surface area contributed by atoms with Crippen molar-refractivity contribution in [3.63, 3.8) is 0 Å². The van der Waals surface area contributed by atoms with Gasteiger partial charge in [0.15, 0.2) is 0 Å². The minimum atomic E-state index is -0.194. The van der Waals surface area contributed by atoms with Crippen LogP contribution in [0.15, 0.2) is 11.6 Å². The molecule has 1 aliphatic carbocycles. The Morgan fingerprint density at radius 1 is 1.50 bits per heavy atom. The average molecular weight is 273 g/mol. The van der Waals surface area contributed by atoms with Crippen LogP contribution in [-0.2, 0) is 4.79 Å². The third-order valence-corrected chi connectivity index (χ3v) is 4.89. The number of nitrogens with one attached hydrogen (secondary N) is 1. The number of amides is 1. The fourth-order valence-corrected chi connectivity index (χ4v) is 3.81. The average Bonchev–Trinajstić information content (AvgIpc) is 3.19. The summed E-state index contributed by atoms with van der Waals surface area (Å²) in [5, 5.41) is 12.5. The fourth-order valence-electron chi connectivity index (χ4n) is 3.81. The summed E-state index contributed by atoms with van der Waals surface area (Å²) in [6, 6.07) is 2.00. The smallest absolute Gasteiger partial charge is 0.240 e. The Hall–Kier alpha value is -1.34. The molecule has 3 atom stereocenters. The first-order valence-electron chi connectivity index (χ1n) is 7.89. The molecule has 3 aliphatic rings. The molecule has 20 heavy (non-hydrogen) atoms. The number of carbonyl (C=O) groups is 1. The number of carbonyl (C=O) groups excluding carboxylic acids is 1. The number of nitriles is 1. The van der Waals surface area contributed by atoms with Gasteiger partial charge in [0.05, 0.1) is 12.1 Å². The third-order valence-electron chi connectivity index (χ3n) is 4.89. The topological polar surface area (TPSA) is 56.1 Å². The van der Waals surface area contributed by atoms with Gasteiger partial charge in [-0.25, -0.2) is 0 Å². The van der Waals surface area contributed by atoms with E-state index in [1.165, 1.54) is 19.3 Å². The minimum Gasteiger partial charge on any atom is -0.325 e. The summed E-state index contributed by atoms with van der Waals surface area (Å²) in [5.41, 5.74) is 1.58. The molecule has 0 radical (unpaired) electrons. The van der Waals surface area contributed by atoms with Crippen LogP contribution in [0.5, 0.6) is 0 Å². The molecule has 0 saturated carbocycles. The van der Waals surface area contributed by atoms with Gasteiger partial charge in [-0.15, -0.1) is 0 Å². The quantitative estimate of drug-likeness (QED) is 0.800. The van der Waals surface area contributed by atoms with Crippen molar-refractivity contribution < 1.29 is 4.79 Å². The van der Waals surface area contributed by atoms with Gasteiger partial charge in [0.25, 0.3) is 0 Å². The highest BCUT2D eigenvalue weighted by Gasteiger charge is 2.37. The van der Waals surface area contributed by atoms with Crippen LogP contribution in [0, 0.1) is 17.2 Å². The highest BCUT2D eigenvalue weighted by atomic mass is 16.2. The number of rotatable bonds is 3. The predicted molar refractivity (Wildman–Crippen MR) is 76.8 cm³/mol. The van der Waals surface area contributed by atoms with Crippen molar-refractivity contribution in [2.24, 2.45) is 5.92 Å². The largest absolute Gasteiger partial charge is 0.325 e. The lowest BCUT2D eigenvalue weighted by molar-refractivity contribution is -0.133. The molecule has 1 N–H and O–H groups in total. The van der Waals surface area contributed by atoms with Crippen LogP contribution in [0.2, 0.25) is 0 Å². The molecule has 4 nitrogen and oxygen atoms in total. The number of hydrogen-bond acceptors (Lipinski definition) is 3. The molecule has 0 aromatic rings. The lowest BCUT2D eigenvalue weighted by Gasteiger charge is -2.23. The van der Waals surface area contributed by atoms with Crippen LogP contribution >= 0.6 is 0 Å². The normalized spacial score (nSPS) is 33.2. The van der Waals surface area contributed by atoms with Gasteiger partial charge >= 0.3 is 0 Å². The molecule has 2 aliphatic heterocycles. The Bertz CT molecular complexity index is 451. The maximum absolute atomic E-state index is 12.5. The van der Waals surface area contributed by atoms with E-state index >= 15 is 0 Å². The summed E-state index contributed by atoms with van der Waals surface area (Å²) in [4.78, 5) is 14.3. The molecule has 3 rings (SSSR count). The zero-order chi connectivity index (χ0) is 13.9. The lowest BCUT2D eigenvalue weighted by atomic mass is 9.96. The Labute approximate surface area is 120 Å². The van der Waals surface area contributed by atoms with Crippen molar-refractivity contribution in [1.82, 2.24) is 10.2 Å². The Morgan fingerprint density at radius 2 is 2.40 bits per heavy atom. The molecule has 0 spiro atoms. The second-order valence-electron chi connectivity index (χ2n) is 6.34. The molecular formula is C16H23N3O. The second kappa shape index (κ2) is 5.97. The van der Waals surface area contributed by atoms with E-state index in [9.17, 15) is 4.79 Å².